The van der Waals surface area contributed by atoms with Gasteiger partial charge in [0.1, 0.15) is 5.69 Å². The first-order chi connectivity index (χ1) is 9.66. The minimum atomic E-state index is -0.208. The van der Waals surface area contributed by atoms with E-state index in [4.69, 9.17) is 0 Å². The number of nitrogens with zero attached hydrogens (tertiary/aromatic N) is 4. The van der Waals surface area contributed by atoms with E-state index in [1.807, 2.05) is 4.90 Å². The zero-order chi connectivity index (χ0) is 14.4. The monoisotopic (exact) mass is 277 g/mol. The van der Waals surface area contributed by atoms with Gasteiger partial charge in [0.05, 0.1) is 6.20 Å². The van der Waals surface area contributed by atoms with Crippen molar-refractivity contribution in [2.24, 2.45) is 0 Å². The van der Waals surface area contributed by atoms with E-state index >= 15 is 0 Å². The molecular weight excluding hydrogens is 258 g/mol. The number of rotatable bonds is 4. The Bertz CT molecular complexity index is 457. The van der Waals surface area contributed by atoms with Crippen molar-refractivity contribution >= 4 is 11.8 Å². The first-order valence-electron chi connectivity index (χ1n) is 6.69. The van der Waals surface area contributed by atoms with Crippen molar-refractivity contribution < 1.29 is 9.59 Å². The molecule has 108 valence electrons. The van der Waals surface area contributed by atoms with Gasteiger partial charge in [-0.25, -0.2) is 4.98 Å². The van der Waals surface area contributed by atoms with Gasteiger partial charge in [0.2, 0.25) is 5.91 Å². The Morgan fingerprint density at radius 3 is 2.60 bits per heavy atom. The van der Waals surface area contributed by atoms with Gasteiger partial charge in [-0.05, 0) is 0 Å². The van der Waals surface area contributed by atoms with E-state index in [1.165, 1.54) is 18.6 Å². The SMILES string of the molecule is CC(=O)N1CCN(CCNC(=O)c2cnccn2)CC1. The molecule has 1 aromatic heterocycles. The summed E-state index contributed by atoms with van der Waals surface area (Å²) in [7, 11) is 0. The number of aromatic nitrogens is 2. The number of hydrogen-bond donors (Lipinski definition) is 1. The second-order valence-electron chi connectivity index (χ2n) is 4.69. The fourth-order valence-corrected chi connectivity index (χ4v) is 2.12. The highest BCUT2D eigenvalue weighted by Gasteiger charge is 2.18. The van der Waals surface area contributed by atoms with Gasteiger partial charge in [-0.15, -0.1) is 0 Å². The lowest BCUT2D eigenvalue weighted by atomic mass is 10.3. The maximum Gasteiger partial charge on any atom is 0.271 e. The fourth-order valence-electron chi connectivity index (χ4n) is 2.12. The number of piperazine rings is 1. The van der Waals surface area contributed by atoms with E-state index in [-0.39, 0.29) is 11.8 Å². The van der Waals surface area contributed by atoms with Crippen LogP contribution >= 0.6 is 0 Å². The molecule has 2 amide bonds. The van der Waals surface area contributed by atoms with Crippen LogP contribution in [-0.2, 0) is 4.79 Å². The Hall–Kier alpha value is -2.02. The predicted molar refractivity (Wildman–Crippen MR) is 73.1 cm³/mol. The van der Waals surface area contributed by atoms with E-state index < -0.39 is 0 Å². The summed E-state index contributed by atoms with van der Waals surface area (Å²) in [5.41, 5.74) is 0.328. The molecule has 0 unspecified atom stereocenters. The number of hydrogen-bond acceptors (Lipinski definition) is 5. The second kappa shape index (κ2) is 6.95. The van der Waals surface area contributed by atoms with Gasteiger partial charge >= 0.3 is 0 Å². The van der Waals surface area contributed by atoms with E-state index in [9.17, 15) is 9.59 Å². The number of carbonyl (C=O) groups is 2. The number of carbonyl (C=O) groups excluding carboxylic acids is 2. The van der Waals surface area contributed by atoms with Crippen molar-refractivity contribution in [2.75, 3.05) is 39.3 Å². The standard InChI is InChI=1S/C13H19N5O2/c1-11(19)18-8-6-17(7-9-18)5-4-16-13(20)12-10-14-2-3-15-12/h2-3,10H,4-9H2,1H3,(H,16,20). The lowest BCUT2D eigenvalue weighted by Crippen LogP contribution is -2.49. The van der Waals surface area contributed by atoms with E-state index in [0.29, 0.717) is 12.2 Å². The average Bonchev–Trinajstić information content (AvgIpc) is 2.48. The minimum absolute atomic E-state index is 0.126. The van der Waals surface area contributed by atoms with Gasteiger partial charge in [0.15, 0.2) is 0 Å². The summed E-state index contributed by atoms with van der Waals surface area (Å²) in [6, 6.07) is 0. The Kier molecular flexibility index (Phi) is 5.00. The van der Waals surface area contributed by atoms with Gasteiger partial charge in [0, 0.05) is 58.6 Å². The van der Waals surface area contributed by atoms with Crippen LogP contribution in [0.3, 0.4) is 0 Å². The Labute approximate surface area is 118 Å². The first-order valence-corrected chi connectivity index (χ1v) is 6.69. The molecule has 1 saturated heterocycles. The third-order valence-corrected chi connectivity index (χ3v) is 3.33. The summed E-state index contributed by atoms with van der Waals surface area (Å²) in [5.74, 6) is -0.0823. The van der Waals surface area contributed by atoms with Crippen LogP contribution in [0.25, 0.3) is 0 Å². The van der Waals surface area contributed by atoms with Crippen LogP contribution in [0.5, 0.6) is 0 Å². The van der Waals surface area contributed by atoms with Gasteiger partial charge in [-0.2, -0.15) is 0 Å². The molecule has 20 heavy (non-hydrogen) atoms. The largest absolute Gasteiger partial charge is 0.349 e. The topological polar surface area (TPSA) is 78.4 Å². The van der Waals surface area contributed by atoms with Crippen LogP contribution in [0, 0.1) is 0 Å². The molecule has 7 heteroatoms. The van der Waals surface area contributed by atoms with Crippen LogP contribution in [0.4, 0.5) is 0 Å². The zero-order valence-electron chi connectivity index (χ0n) is 11.6. The van der Waals surface area contributed by atoms with Gasteiger partial charge < -0.3 is 10.2 Å². The maximum absolute atomic E-state index is 11.7. The van der Waals surface area contributed by atoms with E-state index in [2.05, 4.69) is 20.2 Å². The maximum atomic E-state index is 11.7. The van der Waals surface area contributed by atoms with Gasteiger partial charge in [-0.1, -0.05) is 0 Å². The number of nitrogens with one attached hydrogen (secondary N) is 1. The lowest BCUT2D eigenvalue weighted by molar-refractivity contribution is -0.130. The highest BCUT2D eigenvalue weighted by Crippen LogP contribution is 2.01. The summed E-state index contributed by atoms with van der Waals surface area (Å²) in [6.07, 6.45) is 4.47. The van der Waals surface area contributed by atoms with Gasteiger partial charge in [-0.3, -0.25) is 19.5 Å². The highest BCUT2D eigenvalue weighted by atomic mass is 16.2. The van der Waals surface area contributed by atoms with Gasteiger partial charge in [0.25, 0.3) is 5.91 Å². The van der Waals surface area contributed by atoms with E-state index in [0.717, 1.165) is 32.7 Å². The fraction of sp³-hybridized carbons (Fsp3) is 0.538. The molecule has 1 fully saturated rings. The molecule has 1 N–H and O–H groups in total. The smallest absolute Gasteiger partial charge is 0.271 e. The molecule has 0 saturated carbocycles. The molecule has 2 rings (SSSR count). The van der Waals surface area contributed by atoms with E-state index in [1.54, 1.807) is 6.92 Å². The molecule has 2 heterocycles. The average molecular weight is 277 g/mol. The second-order valence-corrected chi connectivity index (χ2v) is 4.69. The summed E-state index contributed by atoms with van der Waals surface area (Å²) < 4.78 is 0. The normalized spacial score (nSPS) is 15.9. The van der Waals surface area contributed by atoms with Crippen molar-refractivity contribution in [3.63, 3.8) is 0 Å². The van der Waals surface area contributed by atoms with Crippen molar-refractivity contribution in [1.29, 1.82) is 0 Å². The zero-order valence-corrected chi connectivity index (χ0v) is 11.6. The van der Waals surface area contributed by atoms with Crippen LogP contribution in [-0.4, -0.2) is 70.9 Å². The molecule has 1 aliphatic rings. The summed E-state index contributed by atoms with van der Waals surface area (Å²) >= 11 is 0. The van der Waals surface area contributed by atoms with Crippen molar-refractivity contribution in [2.45, 2.75) is 6.92 Å². The summed E-state index contributed by atoms with van der Waals surface area (Å²) in [6.45, 7) is 6.14. The Morgan fingerprint density at radius 1 is 1.25 bits per heavy atom. The lowest BCUT2D eigenvalue weighted by Gasteiger charge is -2.34. The molecule has 1 aliphatic heterocycles. The molecular formula is C13H19N5O2. The molecule has 0 bridgehead atoms. The molecule has 1 aromatic rings. The molecule has 0 radical (unpaired) electrons. The van der Waals surface area contributed by atoms with Crippen LogP contribution in [0.15, 0.2) is 18.6 Å². The van der Waals surface area contributed by atoms with Crippen LogP contribution < -0.4 is 5.32 Å². The third kappa shape index (κ3) is 3.99. The van der Waals surface area contributed by atoms with Crippen molar-refractivity contribution in [3.8, 4) is 0 Å². The Balaban J connectivity index is 1.67. The predicted octanol–water partition coefficient (Wildman–Crippen LogP) is -0.629. The Morgan fingerprint density at radius 2 is 2.00 bits per heavy atom. The quantitative estimate of drug-likeness (QED) is 0.793. The van der Waals surface area contributed by atoms with Crippen LogP contribution in [0.1, 0.15) is 17.4 Å². The molecule has 0 spiro atoms. The molecule has 0 aromatic carbocycles. The van der Waals surface area contributed by atoms with Crippen LogP contribution in [0.2, 0.25) is 0 Å². The molecule has 0 atom stereocenters. The first kappa shape index (κ1) is 14.4. The highest BCUT2D eigenvalue weighted by molar-refractivity contribution is 5.91. The third-order valence-electron chi connectivity index (χ3n) is 3.33. The minimum Gasteiger partial charge on any atom is -0.349 e. The molecule has 0 aliphatic carbocycles. The van der Waals surface area contributed by atoms with Crippen molar-refractivity contribution in [3.05, 3.63) is 24.3 Å². The number of amides is 2. The summed E-state index contributed by atoms with van der Waals surface area (Å²) in [5, 5.41) is 2.82. The van der Waals surface area contributed by atoms with Crippen molar-refractivity contribution in [1.82, 2.24) is 25.1 Å². The summed E-state index contributed by atoms with van der Waals surface area (Å²) in [4.78, 5) is 34.8. The molecule has 7 nitrogen and oxygen atoms in total.